The monoisotopic (exact) mass is 680 g/mol. The van der Waals surface area contributed by atoms with Crippen molar-refractivity contribution in [2.24, 2.45) is 0 Å². The summed E-state index contributed by atoms with van der Waals surface area (Å²) in [6, 6.07) is 2.59. The molecule has 1 amide bonds. The molecule has 1 aromatic heterocycles. The molecule has 6 rings (SSSR count). The molecule has 2 atom stereocenters. The maximum absolute atomic E-state index is 15.3. The topological polar surface area (TPSA) is 82.9 Å². The molecular formula is C32H37F5N6O3S. The number of hydrogen-bond donors (Lipinski definition) is 1. The van der Waals surface area contributed by atoms with Crippen molar-refractivity contribution in [1.29, 1.82) is 0 Å². The van der Waals surface area contributed by atoms with Crippen LogP contribution in [0.4, 0.5) is 32.6 Å². The Labute approximate surface area is 273 Å². The van der Waals surface area contributed by atoms with Gasteiger partial charge in [-0.2, -0.15) is 18.2 Å². The van der Waals surface area contributed by atoms with E-state index >= 15 is 4.39 Å². The van der Waals surface area contributed by atoms with Crippen molar-refractivity contribution in [3.05, 3.63) is 51.9 Å². The third kappa shape index (κ3) is 6.66. The molecule has 2 aromatic carbocycles. The maximum Gasteiger partial charge on any atom is 0.417 e. The zero-order valence-electron chi connectivity index (χ0n) is 26.6. The van der Waals surface area contributed by atoms with E-state index in [1.165, 1.54) is 9.47 Å². The summed E-state index contributed by atoms with van der Waals surface area (Å²) in [5.74, 6) is -1.72. The van der Waals surface area contributed by atoms with Crippen LogP contribution >= 0.6 is 11.8 Å². The number of alkyl halides is 3. The second-order valence-electron chi connectivity index (χ2n) is 13.2. The van der Waals surface area contributed by atoms with Crippen LogP contribution in [0.15, 0.2) is 34.0 Å². The average Bonchev–Trinajstić information content (AvgIpc) is 2.98. The van der Waals surface area contributed by atoms with E-state index < -0.39 is 64.0 Å². The molecular weight excluding hydrogens is 643 g/mol. The number of aromatic nitrogens is 2. The summed E-state index contributed by atoms with van der Waals surface area (Å²) in [5.41, 5.74) is -3.03. The molecule has 0 radical (unpaired) electrons. The molecule has 3 aliphatic heterocycles. The Morgan fingerprint density at radius 1 is 1.09 bits per heavy atom. The summed E-state index contributed by atoms with van der Waals surface area (Å²) in [6.07, 6.45) is -5.43. The van der Waals surface area contributed by atoms with Gasteiger partial charge in [-0.3, -0.25) is 9.47 Å². The molecule has 3 aliphatic rings. The lowest BCUT2D eigenvalue weighted by Gasteiger charge is -2.42. The van der Waals surface area contributed by atoms with E-state index in [9.17, 15) is 27.2 Å². The number of halogens is 5. The van der Waals surface area contributed by atoms with Crippen LogP contribution in [0.2, 0.25) is 0 Å². The van der Waals surface area contributed by atoms with E-state index in [2.05, 4.69) is 15.2 Å². The van der Waals surface area contributed by atoms with Crippen molar-refractivity contribution in [3.63, 3.8) is 0 Å². The van der Waals surface area contributed by atoms with E-state index in [1.807, 2.05) is 0 Å². The van der Waals surface area contributed by atoms with Crippen molar-refractivity contribution < 1.29 is 31.5 Å². The van der Waals surface area contributed by atoms with Gasteiger partial charge in [-0.05, 0) is 45.9 Å². The van der Waals surface area contributed by atoms with Crippen molar-refractivity contribution in [3.8, 4) is 11.1 Å². The molecule has 1 N–H and O–H groups in total. The first kappa shape index (κ1) is 33.5. The number of ether oxygens (including phenoxy) is 1. The Morgan fingerprint density at radius 3 is 2.45 bits per heavy atom. The van der Waals surface area contributed by atoms with Gasteiger partial charge in [0, 0.05) is 91.6 Å². The minimum atomic E-state index is -4.92. The van der Waals surface area contributed by atoms with Crippen molar-refractivity contribution in [1.82, 2.24) is 24.7 Å². The number of piperazine rings is 2. The van der Waals surface area contributed by atoms with E-state index in [0.717, 1.165) is 56.1 Å². The molecule has 47 heavy (non-hydrogen) atoms. The van der Waals surface area contributed by atoms with Crippen LogP contribution < -0.4 is 15.9 Å². The summed E-state index contributed by atoms with van der Waals surface area (Å²) in [4.78, 5) is 36.8. The van der Waals surface area contributed by atoms with E-state index in [0.29, 0.717) is 12.6 Å². The molecule has 15 heteroatoms. The predicted octanol–water partition coefficient (Wildman–Crippen LogP) is 5.36. The highest BCUT2D eigenvalue weighted by atomic mass is 32.2. The average molecular weight is 681 g/mol. The van der Waals surface area contributed by atoms with Gasteiger partial charge >= 0.3 is 18.0 Å². The standard InChI is InChI=1S/C32H37F5N6O3S/c1-18-15-41(30(45)46-31(2,3)4)11-12-42(18)28-22-14-23(32(35,36)37)25(21-6-5-19(33)13-24(21)34)27-26(22)43(29(44)39-28)20(17-47-27)16-40-9-7-38-8-10-40/h5-6,13-14,18,20,38H,7-12,15-17H2,1-4H3/t18?,20-/m0/s1. The van der Waals surface area contributed by atoms with Crippen LogP contribution in [-0.4, -0.2) is 95.2 Å². The number of nitrogens with one attached hydrogen (secondary N) is 1. The number of benzene rings is 2. The van der Waals surface area contributed by atoms with Crippen LogP contribution in [0.5, 0.6) is 0 Å². The largest absolute Gasteiger partial charge is 0.444 e. The highest BCUT2D eigenvalue weighted by Crippen LogP contribution is 2.50. The number of thioether (sulfide) groups is 1. The predicted molar refractivity (Wildman–Crippen MR) is 170 cm³/mol. The number of carbonyl (C=O) groups excluding carboxylic acids is 1. The zero-order chi connectivity index (χ0) is 33.8. The van der Waals surface area contributed by atoms with Gasteiger partial charge in [-0.15, -0.1) is 11.8 Å². The number of carbonyl (C=O) groups is 1. The van der Waals surface area contributed by atoms with E-state index in [1.54, 1.807) is 32.6 Å². The number of rotatable bonds is 4. The van der Waals surface area contributed by atoms with Crippen molar-refractivity contribution in [2.75, 3.05) is 63.0 Å². The summed E-state index contributed by atoms with van der Waals surface area (Å²) < 4.78 is 80.9. The summed E-state index contributed by atoms with van der Waals surface area (Å²) in [5, 5.41) is 3.39. The second-order valence-corrected chi connectivity index (χ2v) is 14.2. The number of amides is 1. The van der Waals surface area contributed by atoms with Gasteiger partial charge in [0.05, 0.1) is 17.1 Å². The quantitative estimate of drug-likeness (QED) is 0.370. The van der Waals surface area contributed by atoms with Gasteiger partial charge in [0.2, 0.25) is 0 Å². The summed E-state index contributed by atoms with van der Waals surface area (Å²) >= 11 is 1.14. The fourth-order valence-corrected chi connectivity index (χ4v) is 7.91. The number of nitrogens with zero attached hydrogens (tertiary/aromatic N) is 5. The minimum Gasteiger partial charge on any atom is -0.444 e. The van der Waals surface area contributed by atoms with Crippen LogP contribution in [0.3, 0.4) is 0 Å². The molecule has 1 unspecified atom stereocenters. The van der Waals surface area contributed by atoms with Gasteiger partial charge in [-0.25, -0.2) is 18.4 Å². The Morgan fingerprint density at radius 2 is 1.81 bits per heavy atom. The first-order valence-corrected chi connectivity index (χ1v) is 16.6. The third-order valence-corrected chi connectivity index (χ3v) is 9.90. The zero-order valence-corrected chi connectivity index (χ0v) is 27.4. The van der Waals surface area contributed by atoms with Gasteiger partial charge in [0.25, 0.3) is 0 Å². The Hall–Kier alpha value is -3.43. The molecule has 9 nitrogen and oxygen atoms in total. The first-order valence-electron chi connectivity index (χ1n) is 15.6. The van der Waals surface area contributed by atoms with Gasteiger partial charge < -0.3 is 19.9 Å². The van der Waals surface area contributed by atoms with Crippen LogP contribution in [-0.2, 0) is 10.9 Å². The fourth-order valence-electron chi connectivity index (χ4n) is 6.58. The SMILES string of the molecule is CC1CN(C(=O)OC(C)(C)C)CCN1c1nc(=O)n2c3c(c(-c4ccc(F)cc4F)c(C(F)(F)F)cc13)SC[C@@H]2CN1CCNCC1. The highest BCUT2D eigenvalue weighted by molar-refractivity contribution is 7.99. The molecule has 3 aromatic rings. The number of hydrogen-bond acceptors (Lipinski definition) is 8. The highest BCUT2D eigenvalue weighted by Gasteiger charge is 2.41. The van der Waals surface area contributed by atoms with Gasteiger partial charge in [0.15, 0.2) is 0 Å². The lowest BCUT2D eigenvalue weighted by atomic mass is 9.95. The Bertz CT molecular complexity index is 1750. The van der Waals surface area contributed by atoms with Crippen molar-refractivity contribution >= 4 is 34.6 Å². The van der Waals surface area contributed by atoms with E-state index in [4.69, 9.17) is 4.74 Å². The third-order valence-electron chi connectivity index (χ3n) is 8.67. The first-order chi connectivity index (χ1) is 22.1. The number of anilines is 1. The Balaban J connectivity index is 1.54. The molecule has 0 saturated carbocycles. The smallest absolute Gasteiger partial charge is 0.417 e. The molecule has 0 spiro atoms. The van der Waals surface area contributed by atoms with Crippen molar-refractivity contribution in [2.45, 2.75) is 56.5 Å². The maximum atomic E-state index is 15.3. The minimum absolute atomic E-state index is 0.0684. The van der Waals surface area contributed by atoms with Crippen LogP contribution in [0.25, 0.3) is 22.0 Å². The molecule has 0 aliphatic carbocycles. The summed E-state index contributed by atoms with van der Waals surface area (Å²) in [6.45, 7) is 11.2. The van der Waals surface area contributed by atoms with Crippen LogP contribution in [0.1, 0.15) is 39.3 Å². The van der Waals surface area contributed by atoms with Gasteiger partial charge in [0.1, 0.15) is 23.1 Å². The molecule has 254 valence electrons. The van der Waals surface area contributed by atoms with E-state index in [-0.39, 0.29) is 47.0 Å². The Kier molecular flexibility index (Phi) is 8.94. The lowest BCUT2D eigenvalue weighted by Crippen LogP contribution is -2.55. The summed E-state index contributed by atoms with van der Waals surface area (Å²) in [7, 11) is 0. The lowest BCUT2D eigenvalue weighted by molar-refractivity contribution is -0.137. The van der Waals surface area contributed by atoms with Crippen LogP contribution in [0, 0.1) is 11.6 Å². The van der Waals surface area contributed by atoms with Gasteiger partial charge in [-0.1, -0.05) is 0 Å². The molecule has 2 saturated heterocycles. The molecule has 0 bridgehead atoms. The fraction of sp³-hybridized carbons (Fsp3) is 0.531. The molecule has 2 fully saturated rings. The second kappa shape index (κ2) is 12.5. The molecule has 4 heterocycles. The normalized spacial score (nSPS) is 21.0.